The minimum Gasteiger partial charge on any atom is -0.392 e. The van der Waals surface area contributed by atoms with Crippen molar-refractivity contribution in [3.05, 3.63) is 35.1 Å². The summed E-state index contributed by atoms with van der Waals surface area (Å²) in [6.45, 7) is 4.10. The summed E-state index contributed by atoms with van der Waals surface area (Å²) >= 11 is 0. The molecule has 0 aliphatic heterocycles. The van der Waals surface area contributed by atoms with Crippen molar-refractivity contribution < 1.29 is 22.7 Å². The van der Waals surface area contributed by atoms with Crippen LogP contribution in [0.3, 0.4) is 0 Å². The Bertz CT molecular complexity index is 418. The molecule has 0 spiro atoms. The number of hydrogen-bond acceptors (Lipinski definition) is 2. The number of aliphatic hydroxyl groups excluding tert-OH is 1. The number of rotatable bonds is 5. The molecule has 1 aromatic carbocycles. The molecular formula is C13H17F4NO. The van der Waals surface area contributed by atoms with E-state index in [-0.39, 0.29) is 19.0 Å². The first-order valence-corrected chi connectivity index (χ1v) is 5.96. The third kappa shape index (κ3) is 4.80. The van der Waals surface area contributed by atoms with Crippen LogP contribution in [0.2, 0.25) is 0 Å². The van der Waals surface area contributed by atoms with Gasteiger partial charge in [-0.05, 0) is 23.6 Å². The largest absolute Gasteiger partial charge is 0.419 e. The van der Waals surface area contributed by atoms with E-state index in [2.05, 4.69) is 5.32 Å². The highest BCUT2D eigenvalue weighted by Crippen LogP contribution is 2.31. The van der Waals surface area contributed by atoms with Gasteiger partial charge in [-0.15, -0.1) is 0 Å². The molecule has 2 N–H and O–H groups in total. The summed E-state index contributed by atoms with van der Waals surface area (Å²) < 4.78 is 50.5. The molecule has 0 heterocycles. The van der Waals surface area contributed by atoms with Crippen LogP contribution < -0.4 is 5.32 Å². The van der Waals surface area contributed by atoms with Crippen molar-refractivity contribution in [3.63, 3.8) is 0 Å². The lowest BCUT2D eigenvalue weighted by Crippen LogP contribution is -2.30. The molecule has 6 heteroatoms. The summed E-state index contributed by atoms with van der Waals surface area (Å²) in [5.41, 5.74) is -0.944. The Morgan fingerprint density at radius 3 is 2.42 bits per heavy atom. The molecule has 19 heavy (non-hydrogen) atoms. The molecule has 0 aliphatic carbocycles. The van der Waals surface area contributed by atoms with Gasteiger partial charge in [0.1, 0.15) is 5.82 Å². The van der Waals surface area contributed by atoms with Gasteiger partial charge in [-0.25, -0.2) is 4.39 Å². The zero-order chi connectivity index (χ0) is 14.6. The van der Waals surface area contributed by atoms with E-state index in [1.54, 1.807) is 0 Å². The Morgan fingerprint density at radius 2 is 1.89 bits per heavy atom. The number of hydrogen-bond donors (Lipinski definition) is 2. The van der Waals surface area contributed by atoms with Crippen molar-refractivity contribution in [3.8, 4) is 0 Å². The van der Waals surface area contributed by atoms with E-state index < -0.39 is 23.7 Å². The summed E-state index contributed by atoms with van der Waals surface area (Å²) in [4.78, 5) is 0. The summed E-state index contributed by atoms with van der Waals surface area (Å²) in [7, 11) is 0. The van der Waals surface area contributed by atoms with Crippen LogP contribution in [0.25, 0.3) is 0 Å². The molecule has 1 aromatic rings. The highest BCUT2D eigenvalue weighted by Gasteiger charge is 2.34. The molecule has 0 aliphatic rings. The molecule has 108 valence electrons. The van der Waals surface area contributed by atoms with Gasteiger partial charge in [-0.2, -0.15) is 13.2 Å². The minimum atomic E-state index is -4.70. The maximum absolute atomic E-state index is 13.0. The lowest BCUT2D eigenvalue weighted by molar-refractivity contribution is -0.140. The molecule has 2 nitrogen and oxygen atoms in total. The van der Waals surface area contributed by atoms with Crippen LogP contribution in [0, 0.1) is 11.7 Å². The van der Waals surface area contributed by atoms with E-state index in [9.17, 15) is 22.7 Å². The standard InChI is InChI=1S/C13H17F4NO/c1-8(2)12(19)7-18-6-9-3-4-11(14)10(5-9)13(15,16)17/h3-5,8,12,18-19H,6-7H2,1-2H3. The van der Waals surface area contributed by atoms with E-state index in [0.717, 1.165) is 12.1 Å². The van der Waals surface area contributed by atoms with Gasteiger partial charge in [0.25, 0.3) is 0 Å². The molecular weight excluding hydrogens is 262 g/mol. The van der Waals surface area contributed by atoms with E-state index in [1.807, 2.05) is 13.8 Å². The van der Waals surface area contributed by atoms with E-state index in [1.165, 1.54) is 6.07 Å². The summed E-state index contributed by atoms with van der Waals surface area (Å²) in [5.74, 6) is -1.22. The molecule has 0 amide bonds. The van der Waals surface area contributed by atoms with Gasteiger partial charge in [0.05, 0.1) is 11.7 Å². The van der Waals surface area contributed by atoms with Crippen LogP contribution in [0.15, 0.2) is 18.2 Å². The Labute approximate surface area is 109 Å². The zero-order valence-corrected chi connectivity index (χ0v) is 10.8. The third-order valence-corrected chi connectivity index (χ3v) is 2.79. The first-order chi connectivity index (χ1) is 8.71. The van der Waals surface area contributed by atoms with Gasteiger partial charge in [0.2, 0.25) is 0 Å². The lowest BCUT2D eigenvalue weighted by atomic mass is 10.1. The van der Waals surface area contributed by atoms with Crippen molar-refractivity contribution in [1.82, 2.24) is 5.32 Å². The van der Waals surface area contributed by atoms with Gasteiger partial charge in [-0.3, -0.25) is 0 Å². The normalized spacial score (nSPS) is 13.9. The Morgan fingerprint density at radius 1 is 1.26 bits per heavy atom. The van der Waals surface area contributed by atoms with Crippen molar-refractivity contribution in [2.45, 2.75) is 32.7 Å². The maximum atomic E-state index is 13.0. The second-order valence-electron chi connectivity index (χ2n) is 4.75. The highest BCUT2D eigenvalue weighted by molar-refractivity contribution is 5.27. The predicted octanol–water partition coefficient (Wildman–Crippen LogP) is 2.95. The molecule has 0 radical (unpaired) electrons. The second-order valence-corrected chi connectivity index (χ2v) is 4.75. The van der Waals surface area contributed by atoms with E-state index in [4.69, 9.17) is 0 Å². The zero-order valence-electron chi connectivity index (χ0n) is 10.8. The number of halogens is 4. The molecule has 0 saturated carbocycles. The number of aliphatic hydroxyl groups is 1. The quantitative estimate of drug-likeness (QED) is 0.812. The Balaban J connectivity index is 2.66. The fourth-order valence-corrected chi connectivity index (χ4v) is 1.50. The first-order valence-electron chi connectivity index (χ1n) is 5.96. The van der Waals surface area contributed by atoms with Gasteiger partial charge < -0.3 is 10.4 Å². The van der Waals surface area contributed by atoms with Gasteiger partial charge >= 0.3 is 6.18 Å². The smallest absolute Gasteiger partial charge is 0.392 e. The monoisotopic (exact) mass is 279 g/mol. The number of benzene rings is 1. The predicted molar refractivity (Wildman–Crippen MR) is 64.0 cm³/mol. The summed E-state index contributed by atoms with van der Waals surface area (Å²) in [6.07, 6.45) is -5.26. The van der Waals surface area contributed by atoms with Crippen molar-refractivity contribution in [2.75, 3.05) is 6.54 Å². The second kappa shape index (κ2) is 6.34. The van der Waals surface area contributed by atoms with Crippen LogP contribution in [0.5, 0.6) is 0 Å². The van der Waals surface area contributed by atoms with Crippen LogP contribution in [-0.2, 0) is 12.7 Å². The molecule has 1 atom stereocenters. The molecule has 1 unspecified atom stereocenters. The van der Waals surface area contributed by atoms with Crippen molar-refractivity contribution >= 4 is 0 Å². The average Bonchev–Trinajstić information content (AvgIpc) is 2.29. The Kier molecular flexibility index (Phi) is 5.31. The van der Waals surface area contributed by atoms with Crippen molar-refractivity contribution in [2.24, 2.45) is 5.92 Å². The molecule has 1 rings (SSSR count). The highest BCUT2D eigenvalue weighted by atomic mass is 19.4. The fraction of sp³-hybridized carbons (Fsp3) is 0.538. The van der Waals surface area contributed by atoms with E-state index in [0.29, 0.717) is 5.56 Å². The average molecular weight is 279 g/mol. The van der Waals surface area contributed by atoms with E-state index >= 15 is 0 Å². The third-order valence-electron chi connectivity index (χ3n) is 2.79. The van der Waals surface area contributed by atoms with Crippen LogP contribution in [0.4, 0.5) is 17.6 Å². The lowest BCUT2D eigenvalue weighted by Gasteiger charge is -2.15. The molecule has 0 aromatic heterocycles. The number of nitrogens with one attached hydrogen (secondary N) is 1. The van der Waals surface area contributed by atoms with Gasteiger partial charge in [-0.1, -0.05) is 19.9 Å². The summed E-state index contributed by atoms with van der Waals surface area (Å²) in [5, 5.41) is 12.4. The Hall–Kier alpha value is -1.14. The van der Waals surface area contributed by atoms with Crippen LogP contribution in [-0.4, -0.2) is 17.8 Å². The van der Waals surface area contributed by atoms with Crippen LogP contribution in [0.1, 0.15) is 25.0 Å². The summed E-state index contributed by atoms with van der Waals surface area (Å²) in [6, 6.07) is 2.88. The SMILES string of the molecule is CC(C)C(O)CNCc1ccc(F)c(C(F)(F)F)c1. The maximum Gasteiger partial charge on any atom is 0.419 e. The number of alkyl halides is 3. The van der Waals surface area contributed by atoms with Crippen molar-refractivity contribution in [1.29, 1.82) is 0 Å². The van der Waals surface area contributed by atoms with Gasteiger partial charge in [0, 0.05) is 13.1 Å². The first kappa shape index (κ1) is 15.9. The minimum absolute atomic E-state index is 0.0615. The topological polar surface area (TPSA) is 32.3 Å². The fourth-order valence-electron chi connectivity index (χ4n) is 1.50. The van der Waals surface area contributed by atoms with Gasteiger partial charge in [0.15, 0.2) is 0 Å². The van der Waals surface area contributed by atoms with Crippen LogP contribution >= 0.6 is 0 Å². The molecule has 0 fully saturated rings. The molecule has 0 saturated heterocycles. The molecule has 0 bridgehead atoms.